The summed E-state index contributed by atoms with van der Waals surface area (Å²) >= 11 is 4.77. The highest BCUT2D eigenvalue weighted by Crippen LogP contribution is 2.10. The number of hydrogen-bond acceptors (Lipinski definition) is 5. The minimum absolute atomic E-state index is 0.0132. The summed E-state index contributed by atoms with van der Waals surface area (Å²) in [7, 11) is -3.87. The van der Waals surface area contributed by atoms with Crippen molar-refractivity contribution in [3.63, 3.8) is 0 Å². The van der Waals surface area contributed by atoms with Gasteiger partial charge < -0.3 is 10.4 Å². The van der Waals surface area contributed by atoms with Crippen LogP contribution in [0.4, 0.5) is 10.5 Å². The Bertz CT molecular complexity index is 915. The van der Waals surface area contributed by atoms with Gasteiger partial charge in [-0.2, -0.15) is 0 Å². The number of carboxylic acid groups (broad SMARTS) is 1. The minimum atomic E-state index is -3.87. The third-order valence-electron chi connectivity index (χ3n) is 2.98. The minimum Gasteiger partial charge on any atom is -0.465 e. The summed E-state index contributed by atoms with van der Waals surface area (Å²) in [5.74, 6) is -0.665. The van der Waals surface area contributed by atoms with E-state index in [-0.39, 0.29) is 15.6 Å². The molecule has 26 heavy (non-hydrogen) atoms. The molecule has 0 spiro atoms. The molecule has 0 saturated carbocycles. The molecule has 0 aromatic heterocycles. The van der Waals surface area contributed by atoms with Crippen molar-refractivity contribution in [2.45, 2.75) is 4.90 Å². The second-order valence-electron chi connectivity index (χ2n) is 4.83. The molecule has 0 atom stereocenters. The molecular weight excluding hydrogens is 380 g/mol. The molecule has 2 aromatic carbocycles. The molecule has 0 radical (unpaired) electrons. The van der Waals surface area contributed by atoms with Gasteiger partial charge in [0.1, 0.15) is 0 Å². The predicted octanol–water partition coefficient (Wildman–Crippen LogP) is 1.27. The average molecular weight is 394 g/mol. The zero-order chi connectivity index (χ0) is 19.2. The molecule has 2 aromatic rings. The van der Waals surface area contributed by atoms with Crippen LogP contribution >= 0.6 is 12.2 Å². The third-order valence-corrected chi connectivity index (χ3v) is 4.45. The number of anilines is 1. The highest BCUT2D eigenvalue weighted by Gasteiger charge is 2.15. The highest BCUT2D eigenvalue weighted by molar-refractivity contribution is 7.89. The lowest BCUT2D eigenvalue weighted by atomic mass is 10.2. The van der Waals surface area contributed by atoms with Gasteiger partial charge in [-0.25, -0.2) is 13.2 Å². The first-order chi connectivity index (χ1) is 12.3. The van der Waals surface area contributed by atoms with E-state index in [4.69, 9.17) is 17.3 Å². The van der Waals surface area contributed by atoms with Crippen LogP contribution in [0, 0.1) is 0 Å². The summed E-state index contributed by atoms with van der Waals surface area (Å²) in [4.78, 5) is 24.5. The summed E-state index contributed by atoms with van der Waals surface area (Å²) in [6, 6.07) is 13.4. The maximum absolute atomic E-state index is 12.0. The van der Waals surface area contributed by atoms with Crippen LogP contribution < -0.4 is 20.9 Å². The van der Waals surface area contributed by atoms with Crippen molar-refractivity contribution in [1.82, 2.24) is 15.6 Å². The number of nitrogens with one attached hydrogen (secondary N) is 4. The van der Waals surface area contributed by atoms with Crippen LogP contribution in [0.2, 0.25) is 0 Å². The molecule has 136 valence electrons. The fourth-order valence-electron chi connectivity index (χ4n) is 1.81. The fraction of sp³-hybridized carbons (Fsp3) is 0. The number of hydrazine groups is 1. The summed E-state index contributed by atoms with van der Waals surface area (Å²) < 4.78 is 24.1. The van der Waals surface area contributed by atoms with Crippen molar-refractivity contribution in [3.8, 4) is 0 Å². The third kappa shape index (κ3) is 5.51. The van der Waals surface area contributed by atoms with E-state index in [1.807, 2.05) is 10.1 Å². The number of rotatable bonds is 5. The van der Waals surface area contributed by atoms with Crippen LogP contribution in [0.3, 0.4) is 0 Å². The summed E-state index contributed by atoms with van der Waals surface area (Å²) in [6.45, 7) is 0. The van der Waals surface area contributed by atoms with E-state index in [2.05, 4.69) is 10.7 Å². The number of hydrogen-bond donors (Lipinski definition) is 5. The van der Waals surface area contributed by atoms with Crippen molar-refractivity contribution in [2.24, 2.45) is 0 Å². The standard InChI is InChI=1S/C15H14N4O5S2/c20-13(18-19-26(23,24)12-4-2-1-3-5-12)10-6-8-11(9-7-10)16-14(25)17-15(21)22/h1-9,19H,(H,18,20)(H,21,22)(H2,16,17,25). The maximum Gasteiger partial charge on any atom is 0.410 e. The Balaban J connectivity index is 1.96. The highest BCUT2D eigenvalue weighted by atomic mass is 32.2. The van der Waals surface area contributed by atoms with Crippen molar-refractivity contribution in [3.05, 3.63) is 60.2 Å². The van der Waals surface area contributed by atoms with Crippen LogP contribution in [-0.2, 0) is 10.0 Å². The van der Waals surface area contributed by atoms with Gasteiger partial charge in [0.2, 0.25) is 0 Å². The van der Waals surface area contributed by atoms with Crippen LogP contribution in [0.5, 0.6) is 0 Å². The lowest BCUT2D eigenvalue weighted by Crippen LogP contribution is -2.41. The number of benzene rings is 2. The van der Waals surface area contributed by atoms with Crippen molar-refractivity contribution in [2.75, 3.05) is 5.32 Å². The largest absolute Gasteiger partial charge is 0.465 e. The van der Waals surface area contributed by atoms with E-state index in [1.165, 1.54) is 36.4 Å². The average Bonchev–Trinajstić information content (AvgIpc) is 2.60. The summed E-state index contributed by atoms with van der Waals surface area (Å²) in [5, 5.41) is 13.0. The second kappa shape index (κ2) is 8.38. The Morgan fingerprint density at radius 3 is 2.15 bits per heavy atom. The van der Waals surface area contributed by atoms with Crippen molar-refractivity contribution >= 4 is 45.0 Å². The molecule has 0 heterocycles. The predicted molar refractivity (Wildman–Crippen MR) is 98.1 cm³/mol. The molecule has 5 N–H and O–H groups in total. The molecule has 0 bridgehead atoms. The molecule has 9 nitrogen and oxygen atoms in total. The summed E-state index contributed by atoms with van der Waals surface area (Å²) in [6.07, 6.45) is -1.30. The lowest BCUT2D eigenvalue weighted by Gasteiger charge is -2.10. The zero-order valence-corrected chi connectivity index (χ0v) is 14.7. The molecule has 0 aliphatic heterocycles. The van der Waals surface area contributed by atoms with E-state index in [1.54, 1.807) is 18.2 Å². The monoisotopic (exact) mass is 394 g/mol. The number of carbonyl (C=O) groups is 2. The Hall–Kier alpha value is -3.02. The van der Waals surface area contributed by atoms with E-state index in [0.29, 0.717) is 5.69 Å². The van der Waals surface area contributed by atoms with Gasteiger partial charge in [0.05, 0.1) is 4.90 Å². The van der Waals surface area contributed by atoms with Gasteiger partial charge in [-0.3, -0.25) is 15.5 Å². The van der Waals surface area contributed by atoms with Crippen LogP contribution in [0.15, 0.2) is 59.5 Å². The number of thiocarbonyl (C=S) groups is 1. The van der Waals surface area contributed by atoms with Gasteiger partial charge in [-0.05, 0) is 48.6 Å². The molecule has 0 aliphatic carbocycles. The van der Waals surface area contributed by atoms with E-state index < -0.39 is 22.0 Å². The lowest BCUT2D eigenvalue weighted by molar-refractivity contribution is 0.0945. The molecular formula is C15H14N4O5S2. The molecule has 2 amide bonds. The Labute approximate surface area is 154 Å². The van der Waals surface area contributed by atoms with E-state index in [0.717, 1.165) is 0 Å². The fourth-order valence-corrected chi connectivity index (χ4v) is 2.87. The number of sulfonamides is 1. The maximum atomic E-state index is 12.0. The Kier molecular flexibility index (Phi) is 6.22. The number of carbonyl (C=O) groups excluding carboxylic acids is 1. The Morgan fingerprint density at radius 2 is 1.58 bits per heavy atom. The Morgan fingerprint density at radius 1 is 0.962 bits per heavy atom. The molecule has 2 rings (SSSR count). The van der Waals surface area contributed by atoms with Crippen LogP contribution in [0.1, 0.15) is 10.4 Å². The zero-order valence-electron chi connectivity index (χ0n) is 13.1. The van der Waals surface area contributed by atoms with Gasteiger partial charge in [0.25, 0.3) is 15.9 Å². The molecule has 0 unspecified atom stereocenters. The first-order valence-corrected chi connectivity index (χ1v) is 8.95. The smallest absolute Gasteiger partial charge is 0.410 e. The van der Waals surface area contributed by atoms with Crippen LogP contribution in [-0.4, -0.2) is 30.6 Å². The topological polar surface area (TPSA) is 137 Å². The van der Waals surface area contributed by atoms with Gasteiger partial charge in [0.15, 0.2) is 5.11 Å². The van der Waals surface area contributed by atoms with Crippen molar-refractivity contribution in [1.29, 1.82) is 0 Å². The van der Waals surface area contributed by atoms with Gasteiger partial charge >= 0.3 is 6.09 Å². The van der Waals surface area contributed by atoms with E-state index >= 15 is 0 Å². The quantitative estimate of drug-likeness (QED) is 0.380. The van der Waals surface area contributed by atoms with Gasteiger partial charge in [0, 0.05) is 11.3 Å². The molecule has 0 saturated heterocycles. The van der Waals surface area contributed by atoms with E-state index in [9.17, 15) is 18.0 Å². The molecule has 11 heteroatoms. The van der Waals surface area contributed by atoms with Crippen LogP contribution in [0.25, 0.3) is 0 Å². The van der Waals surface area contributed by atoms with Gasteiger partial charge in [-0.15, -0.1) is 4.83 Å². The van der Waals surface area contributed by atoms with Gasteiger partial charge in [-0.1, -0.05) is 18.2 Å². The van der Waals surface area contributed by atoms with Crippen molar-refractivity contribution < 1.29 is 23.1 Å². The molecule has 0 aliphatic rings. The molecule has 0 fully saturated rings. The number of amides is 2. The summed E-state index contributed by atoms with van der Waals surface area (Å²) in [5.41, 5.74) is 2.74. The first-order valence-electron chi connectivity index (χ1n) is 7.06. The normalized spacial score (nSPS) is 10.6. The first kappa shape index (κ1) is 19.3. The SMILES string of the molecule is O=C(O)NC(=S)Nc1ccc(C(=O)NNS(=O)(=O)c2ccccc2)cc1. The second-order valence-corrected chi connectivity index (χ2v) is 6.92.